The maximum absolute atomic E-state index is 13.4. The van der Waals surface area contributed by atoms with E-state index in [4.69, 9.17) is 4.74 Å². The summed E-state index contributed by atoms with van der Waals surface area (Å²) < 4.78 is 19.4. The van der Waals surface area contributed by atoms with Crippen molar-refractivity contribution in [1.82, 2.24) is 15.5 Å². The zero-order chi connectivity index (χ0) is 23.1. The molecule has 2 heterocycles. The first kappa shape index (κ1) is 21.1. The van der Waals surface area contributed by atoms with E-state index in [9.17, 15) is 23.6 Å². The molecule has 2 aliphatic heterocycles. The van der Waals surface area contributed by atoms with Gasteiger partial charge in [0.1, 0.15) is 17.6 Å². The molecule has 2 aromatic rings. The minimum atomic E-state index is -0.979. The van der Waals surface area contributed by atoms with Crippen molar-refractivity contribution in [3.05, 3.63) is 65.0 Å². The fourth-order valence-corrected chi connectivity index (χ4v) is 4.18. The molecule has 1 saturated heterocycles. The van der Waals surface area contributed by atoms with Crippen LogP contribution < -0.4 is 15.4 Å². The average molecular weight is 451 g/mol. The summed E-state index contributed by atoms with van der Waals surface area (Å²) in [6.07, 6.45) is 1.31. The third kappa shape index (κ3) is 4.30. The molecule has 0 aromatic heterocycles. The average Bonchev–Trinajstić information content (AvgIpc) is 3.54. The number of imide groups is 1. The fourth-order valence-electron chi connectivity index (χ4n) is 4.18. The largest absolute Gasteiger partial charge is 0.476 e. The zero-order valence-electron chi connectivity index (χ0n) is 17.7. The molecule has 2 atom stereocenters. The Morgan fingerprint density at radius 3 is 2.55 bits per heavy atom. The van der Waals surface area contributed by atoms with E-state index < -0.39 is 23.9 Å². The van der Waals surface area contributed by atoms with Gasteiger partial charge in [-0.25, -0.2) is 4.39 Å². The van der Waals surface area contributed by atoms with Crippen LogP contribution in [0.2, 0.25) is 0 Å². The molecule has 0 radical (unpaired) electrons. The Kier molecular flexibility index (Phi) is 5.32. The molecular formula is C24H22FN3O5. The van der Waals surface area contributed by atoms with Crippen LogP contribution in [0.15, 0.2) is 42.5 Å². The van der Waals surface area contributed by atoms with Crippen molar-refractivity contribution in [1.29, 1.82) is 0 Å². The second kappa shape index (κ2) is 8.31. The molecule has 8 nitrogen and oxygen atoms in total. The van der Waals surface area contributed by atoms with Gasteiger partial charge >= 0.3 is 0 Å². The molecule has 33 heavy (non-hydrogen) atoms. The molecule has 1 aliphatic carbocycles. The molecule has 1 saturated carbocycles. The summed E-state index contributed by atoms with van der Waals surface area (Å²) in [6.45, 7) is 0.202. The summed E-state index contributed by atoms with van der Waals surface area (Å²) >= 11 is 0. The number of ether oxygens (including phenoxy) is 1. The van der Waals surface area contributed by atoms with Crippen molar-refractivity contribution in [2.75, 3.05) is 0 Å². The van der Waals surface area contributed by atoms with Crippen molar-refractivity contribution in [2.45, 2.75) is 50.4 Å². The Morgan fingerprint density at radius 1 is 1.09 bits per heavy atom. The fraction of sp³-hybridized carbons (Fsp3) is 0.333. The second-order valence-electron chi connectivity index (χ2n) is 8.55. The van der Waals surface area contributed by atoms with E-state index in [1.807, 2.05) is 0 Å². The number of hydrogen-bond donors (Lipinski definition) is 2. The molecule has 0 bridgehead atoms. The Balaban J connectivity index is 1.36. The van der Waals surface area contributed by atoms with Crippen LogP contribution in [-0.2, 0) is 20.9 Å². The molecule has 170 valence electrons. The number of fused-ring (bicyclic) bond motifs is 1. The van der Waals surface area contributed by atoms with E-state index in [1.165, 1.54) is 29.2 Å². The highest BCUT2D eigenvalue weighted by Crippen LogP contribution is 2.32. The summed E-state index contributed by atoms with van der Waals surface area (Å²) in [4.78, 5) is 50.8. The lowest BCUT2D eigenvalue weighted by molar-refractivity contribution is -0.137. The molecule has 2 unspecified atom stereocenters. The Morgan fingerprint density at radius 2 is 1.85 bits per heavy atom. The maximum atomic E-state index is 13.4. The highest BCUT2D eigenvalue weighted by molar-refractivity contribution is 6.05. The normalized spacial score (nSPS) is 20.8. The molecule has 3 aliphatic rings. The van der Waals surface area contributed by atoms with Crippen LogP contribution in [-0.4, -0.2) is 40.6 Å². The summed E-state index contributed by atoms with van der Waals surface area (Å²) in [5.74, 6) is -1.44. The van der Waals surface area contributed by atoms with Gasteiger partial charge in [-0.3, -0.25) is 24.5 Å². The number of carbonyl (C=O) groups is 4. The lowest BCUT2D eigenvalue weighted by Gasteiger charge is -2.29. The first-order valence-corrected chi connectivity index (χ1v) is 10.9. The van der Waals surface area contributed by atoms with Crippen molar-refractivity contribution >= 4 is 23.6 Å². The third-order valence-electron chi connectivity index (χ3n) is 6.08. The molecule has 9 heteroatoms. The molecule has 4 amide bonds. The molecule has 2 N–H and O–H groups in total. The van der Waals surface area contributed by atoms with Crippen molar-refractivity contribution in [3.8, 4) is 5.75 Å². The van der Waals surface area contributed by atoms with Crippen LogP contribution >= 0.6 is 0 Å². The molecule has 2 aromatic carbocycles. The van der Waals surface area contributed by atoms with Gasteiger partial charge in [-0.1, -0.05) is 12.1 Å². The van der Waals surface area contributed by atoms with Crippen LogP contribution in [0.4, 0.5) is 4.39 Å². The van der Waals surface area contributed by atoms with E-state index in [0.717, 1.165) is 12.8 Å². The lowest BCUT2D eigenvalue weighted by Crippen LogP contribution is -2.52. The minimum absolute atomic E-state index is 0.128. The van der Waals surface area contributed by atoms with Crippen LogP contribution in [0, 0.1) is 5.82 Å². The van der Waals surface area contributed by atoms with E-state index in [2.05, 4.69) is 10.6 Å². The van der Waals surface area contributed by atoms with Crippen molar-refractivity contribution in [3.63, 3.8) is 0 Å². The quantitative estimate of drug-likeness (QED) is 0.654. The SMILES string of the molecule is O=C1CCC(N2Cc3cc(OC(C(=O)NC4CC4)c4ccc(F)cc4)ccc3C2=O)C(=O)N1. The molecule has 0 spiro atoms. The van der Waals surface area contributed by atoms with Gasteiger partial charge in [0.15, 0.2) is 0 Å². The Bertz CT molecular complexity index is 1150. The topological polar surface area (TPSA) is 105 Å². The first-order chi connectivity index (χ1) is 15.9. The first-order valence-electron chi connectivity index (χ1n) is 10.9. The highest BCUT2D eigenvalue weighted by Gasteiger charge is 2.39. The third-order valence-corrected chi connectivity index (χ3v) is 6.08. The number of rotatable bonds is 6. The predicted octanol–water partition coefficient (Wildman–Crippen LogP) is 1.99. The molecular weight excluding hydrogens is 429 g/mol. The summed E-state index contributed by atoms with van der Waals surface area (Å²) in [5, 5.41) is 5.19. The van der Waals surface area contributed by atoms with Gasteiger partial charge < -0.3 is 15.0 Å². The van der Waals surface area contributed by atoms with Gasteiger partial charge in [0.05, 0.1) is 0 Å². The summed E-state index contributed by atoms with van der Waals surface area (Å²) in [5.41, 5.74) is 1.63. The lowest BCUT2D eigenvalue weighted by atomic mass is 10.0. The van der Waals surface area contributed by atoms with Gasteiger partial charge in [0.2, 0.25) is 17.9 Å². The van der Waals surface area contributed by atoms with Gasteiger partial charge in [0.25, 0.3) is 11.8 Å². The Hall–Kier alpha value is -3.75. The predicted molar refractivity (Wildman–Crippen MR) is 113 cm³/mol. The number of hydrogen-bond acceptors (Lipinski definition) is 5. The van der Waals surface area contributed by atoms with E-state index in [0.29, 0.717) is 22.4 Å². The summed E-state index contributed by atoms with van der Waals surface area (Å²) in [6, 6.07) is 9.88. The number of carbonyl (C=O) groups excluding carboxylic acids is 4. The molecule has 5 rings (SSSR count). The number of nitrogens with one attached hydrogen (secondary N) is 2. The number of halogens is 1. The standard InChI is InChI=1S/C24H22FN3O5/c25-15-3-1-13(2-4-15)21(23(31)26-16-5-6-16)33-17-7-8-18-14(11-17)12-28(24(18)32)19-9-10-20(29)27-22(19)30/h1-4,7-8,11,16,19,21H,5-6,9-10,12H2,(H,26,31)(H,27,29,30). The highest BCUT2D eigenvalue weighted by atomic mass is 19.1. The van der Waals surface area contributed by atoms with Crippen molar-refractivity contribution in [2.24, 2.45) is 0 Å². The number of piperidine rings is 1. The number of nitrogens with zero attached hydrogens (tertiary/aromatic N) is 1. The van der Waals surface area contributed by atoms with E-state index in [-0.39, 0.29) is 43.1 Å². The number of amides is 4. The van der Waals surface area contributed by atoms with Gasteiger partial charge in [-0.15, -0.1) is 0 Å². The second-order valence-corrected chi connectivity index (χ2v) is 8.55. The van der Waals surface area contributed by atoms with Gasteiger partial charge in [-0.2, -0.15) is 0 Å². The van der Waals surface area contributed by atoms with Crippen LogP contribution in [0.1, 0.15) is 53.3 Å². The maximum Gasteiger partial charge on any atom is 0.266 e. The zero-order valence-corrected chi connectivity index (χ0v) is 17.7. The van der Waals surface area contributed by atoms with Gasteiger partial charge in [0, 0.05) is 30.1 Å². The monoisotopic (exact) mass is 451 g/mol. The van der Waals surface area contributed by atoms with E-state index in [1.54, 1.807) is 18.2 Å². The van der Waals surface area contributed by atoms with Crippen LogP contribution in [0.3, 0.4) is 0 Å². The smallest absolute Gasteiger partial charge is 0.266 e. The van der Waals surface area contributed by atoms with Crippen LogP contribution in [0.25, 0.3) is 0 Å². The van der Waals surface area contributed by atoms with Crippen molar-refractivity contribution < 1.29 is 28.3 Å². The Labute approximate surface area is 189 Å². The molecule has 2 fully saturated rings. The number of benzene rings is 2. The van der Waals surface area contributed by atoms with Crippen LogP contribution in [0.5, 0.6) is 5.75 Å². The van der Waals surface area contributed by atoms with Gasteiger partial charge in [-0.05, 0) is 55.2 Å². The summed E-state index contributed by atoms with van der Waals surface area (Å²) in [7, 11) is 0. The van der Waals surface area contributed by atoms with E-state index >= 15 is 0 Å². The minimum Gasteiger partial charge on any atom is -0.476 e.